The summed E-state index contributed by atoms with van der Waals surface area (Å²) in [5, 5.41) is 12.1. The molecular weight excluding hydrogens is 247 g/mol. The van der Waals surface area contributed by atoms with Gasteiger partial charge in [0, 0.05) is 18.7 Å². The largest absolute Gasteiger partial charge is 0.508 e. The average Bonchev–Trinajstić information content (AvgIpc) is 2.39. The maximum Gasteiger partial charge on any atom is 0.254 e. The van der Waals surface area contributed by atoms with Crippen LogP contribution in [0.4, 0.5) is 4.39 Å². The highest BCUT2D eigenvalue weighted by molar-refractivity contribution is 5.94. The minimum atomic E-state index is -0.682. The highest BCUT2D eigenvalue weighted by atomic mass is 19.1. The Morgan fingerprint density at radius 2 is 2.11 bits per heavy atom. The summed E-state index contributed by atoms with van der Waals surface area (Å²) < 4.78 is 13.6. The van der Waals surface area contributed by atoms with E-state index in [-0.39, 0.29) is 17.4 Å². The molecule has 1 atom stereocenters. The van der Waals surface area contributed by atoms with Crippen LogP contribution < -0.4 is 5.32 Å². The summed E-state index contributed by atoms with van der Waals surface area (Å²) in [5.74, 6) is -0.735. The van der Waals surface area contributed by atoms with E-state index in [4.69, 9.17) is 5.11 Å². The summed E-state index contributed by atoms with van der Waals surface area (Å²) in [4.78, 5) is 14.4. The third-order valence-corrected chi connectivity index (χ3v) is 4.17. The first-order valence-electron chi connectivity index (χ1n) is 6.65. The minimum absolute atomic E-state index is 0.00533. The van der Waals surface area contributed by atoms with Gasteiger partial charge in [-0.3, -0.25) is 4.79 Å². The van der Waals surface area contributed by atoms with Gasteiger partial charge in [-0.1, -0.05) is 0 Å². The first-order chi connectivity index (χ1) is 9.13. The topological polar surface area (TPSA) is 52.6 Å². The van der Waals surface area contributed by atoms with Crippen LogP contribution in [0.5, 0.6) is 5.75 Å². The second-order valence-corrected chi connectivity index (χ2v) is 5.38. The fourth-order valence-corrected chi connectivity index (χ4v) is 3.06. The number of phenolic OH excluding ortho intramolecular Hbond substituents is 1. The molecule has 4 rings (SSSR count). The van der Waals surface area contributed by atoms with Crippen molar-refractivity contribution in [3.63, 3.8) is 0 Å². The van der Waals surface area contributed by atoms with Crippen molar-refractivity contribution in [3.05, 3.63) is 29.6 Å². The van der Waals surface area contributed by atoms with Crippen LogP contribution in [-0.4, -0.2) is 41.6 Å². The molecule has 3 aliphatic rings. The number of rotatable bonds is 2. The van der Waals surface area contributed by atoms with Gasteiger partial charge in [0.05, 0.1) is 5.56 Å². The maximum absolute atomic E-state index is 13.6. The van der Waals surface area contributed by atoms with Crippen molar-refractivity contribution in [2.75, 3.05) is 19.6 Å². The standard InChI is InChI=1S/C14H17FN2O2/c15-12-7-10(18)1-2-11(12)14(19)16-13-8-17-5-3-9(13)4-6-17/h1-2,7,9,13,18H,3-6,8H2,(H,16,19). The van der Waals surface area contributed by atoms with Crippen LogP contribution in [0.3, 0.4) is 0 Å². The lowest BCUT2D eigenvalue weighted by Crippen LogP contribution is -2.57. The van der Waals surface area contributed by atoms with E-state index in [1.54, 1.807) is 0 Å². The molecule has 1 aromatic rings. The molecular formula is C14H17FN2O2. The molecule has 3 saturated heterocycles. The smallest absolute Gasteiger partial charge is 0.254 e. The summed E-state index contributed by atoms with van der Waals surface area (Å²) in [5.41, 5.74) is -0.00533. The van der Waals surface area contributed by atoms with Crippen molar-refractivity contribution in [2.24, 2.45) is 5.92 Å². The van der Waals surface area contributed by atoms with Crippen LogP contribution in [0.1, 0.15) is 23.2 Å². The summed E-state index contributed by atoms with van der Waals surface area (Å²) in [7, 11) is 0. The van der Waals surface area contributed by atoms with Gasteiger partial charge >= 0.3 is 0 Å². The number of carbonyl (C=O) groups is 1. The molecule has 0 spiro atoms. The predicted octanol–water partition coefficient (Wildman–Crippen LogP) is 1.36. The van der Waals surface area contributed by atoms with Gasteiger partial charge in [-0.05, 0) is 44.0 Å². The third kappa shape index (κ3) is 2.42. The zero-order valence-electron chi connectivity index (χ0n) is 10.6. The second kappa shape index (κ2) is 4.81. The summed E-state index contributed by atoms with van der Waals surface area (Å²) in [6.07, 6.45) is 2.20. The van der Waals surface area contributed by atoms with Gasteiger partial charge in [-0.2, -0.15) is 0 Å². The van der Waals surface area contributed by atoms with Crippen LogP contribution in [0, 0.1) is 11.7 Å². The number of hydrogen-bond donors (Lipinski definition) is 2. The molecule has 1 aromatic carbocycles. The molecule has 19 heavy (non-hydrogen) atoms. The average molecular weight is 264 g/mol. The number of hydrogen-bond acceptors (Lipinski definition) is 3. The van der Waals surface area contributed by atoms with E-state index in [1.165, 1.54) is 12.1 Å². The lowest BCUT2D eigenvalue weighted by atomic mass is 9.84. The molecule has 3 aliphatic heterocycles. The van der Waals surface area contributed by atoms with Crippen molar-refractivity contribution >= 4 is 5.91 Å². The predicted molar refractivity (Wildman–Crippen MR) is 68.5 cm³/mol. The molecule has 4 nitrogen and oxygen atoms in total. The Morgan fingerprint density at radius 3 is 2.68 bits per heavy atom. The molecule has 5 heteroatoms. The normalized spacial score (nSPS) is 29.2. The van der Waals surface area contributed by atoms with E-state index in [1.807, 2.05) is 0 Å². The van der Waals surface area contributed by atoms with Crippen molar-refractivity contribution in [2.45, 2.75) is 18.9 Å². The first kappa shape index (κ1) is 12.4. The third-order valence-electron chi connectivity index (χ3n) is 4.17. The Balaban J connectivity index is 1.71. The van der Waals surface area contributed by atoms with Crippen molar-refractivity contribution in [1.82, 2.24) is 10.2 Å². The molecule has 0 aliphatic carbocycles. The number of aromatic hydroxyl groups is 1. The Bertz CT molecular complexity index is 498. The van der Waals surface area contributed by atoms with Gasteiger partial charge in [0.15, 0.2) is 0 Å². The summed E-state index contributed by atoms with van der Waals surface area (Å²) in [6, 6.07) is 3.73. The monoisotopic (exact) mass is 264 g/mol. The van der Waals surface area contributed by atoms with E-state index in [9.17, 15) is 9.18 Å². The van der Waals surface area contributed by atoms with Crippen LogP contribution in [0.25, 0.3) is 0 Å². The van der Waals surface area contributed by atoms with Crippen molar-refractivity contribution in [1.29, 1.82) is 0 Å². The molecule has 102 valence electrons. The highest BCUT2D eigenvalue weighted by Gasteiger charge is 2.35. The second-order valence-electron chi connectivity index (χ2n) is 5.38. The molecule has 2 bridgehead atoms. The van der Waals surface area contributed by atoms with Gasteiger partial charge in [0.25, 0.3) is 5.91 Å². The van der Waals surface area contributed by atoms with Gasteiger partial charge in [0.2, 0.25) is 0 Å². The fourth-order valence-electron chi connectivity index (χ4n) is 3.06. The highest BCUT2D eigenvalue weighted by Crippen LogP contribution is 2.27. The SMILES string of the molecule is O=C(NC1CN2CCC1CC2)c1ccc(O)cc1F. The lowest BCUT2D eigenvalue weighted by molar-refractivity contribution is 0.0618. The first-order valence-corrected chi connectivity index (χ1v) is 6.65. The van der Waals surface area contributed by atoms with Crippen molar-refractivity contribution < 1.29 is 14.3 Å². The molecule has 0 aromatic heterocycles. The number of phenols is 1. The molecule has 3 fully saturated rings. The van der Waals surface area contributed by atoms with Gasteiger partial charge < -0.3 is 15.3 Å². The summed E-state index contributed by atoms with van der Waals surface area (Å²) in [6.45, 7) is 3.06. The van der Waals surface area contributed by atoms with E-state index < -0.39 is 11.7 Å². The molecule has 1 amide bonds. The quantitative estimate of drug-likeness (QED) is 0.848. The van der Waals surface area contributed by atoms with E-state index in [0.29, 0.717) is 5.92 Å². The zero-order chi connectivity index (χ0) is 13.4. The van der Waals surface area contributed by atoms with Gasteiger partial charge in [-0.25, -0.2) is 4.39 Å². The number of benzene rings is 1. The minimum Gasteiger partial charge on any atom is -0.508 e. The summed E-state index contributed by atoms with van der Waals surface area (Å²) >= 11 is 0. The number of amides is 1. The molecule has 3 heterocycles. The van der Waals surface area contributed by atoms with Crippen LogP contribution >= 0.6 is 0 Å². The Hall–Kier alpha value is -1.62. The zero-order valence-corrected chi connectivity index (χ0v) is 10.6. The molecule has 2 N–H and O–H groups in total. The fraction of sp³-hybridized carbons (Fsp3) is 0.500. The van der Waals surface area contributed by atoms with Crippen LogP contribution in [0.2, 0.25) is 0 Å². The Labute approximate surface area is 111 Å². The Morgan fingerprint density at radius 1 is 1.37 bits per heavy atom. The van der Waals surface area contributed by atoms with Crippen LogP contribution in [-0.2, 0) is 0 Å². The number of nitrogens with zero attached hydrogens (tertiary/aromatic N) is 1. The number of fused-ring (bicyclic) bond motifs is 3. The van der Waals surface area contributed by atoms with Crippen molar-refractivity contribution in [3.8, 4) is 5.75 Å². The number of nitrogens with one attached hydrogen (secondary N) is 1. The van der Waals surface area contributed by atoms with Crippen LogP contribution in [0.15, 0.2) is 18.2 Å². The van der Waals surface area contributed by atoms with Gasteiger partial charge in [0.1, 0.15) is 11.6 Å². The van der Waals surface area contributed by atoms with E-state index >= 15 is 0 Å². The maximum atomic E-state index is 13.6. The molecule has 1 unspecified atom stereocenters. The van der Waals surface area contributed by atoms with E-state index in [0.717, 1.165) is 38.5 Å². The number of halogens is 1. The van der Waals surface area contributed by atoms with Gasteiger partial charge in [-0.15, -0.1) is 0 Å². The molecule has 0 saturated carbocycles. The molecule has 0 radical (unpaired) electrons. The van der Waals surface area contributed by atoms with E-state index in [2.05, 4.69) is 10.2 Å². The number of piperidine rings is 3. The lowest BCUT2D eigenvalue weighted by Gasteiger charge is -2.44. The number of carbonyl (C=O) groups excluding carboxylic acids is 1. The Kier molecular flexibility index (Phi) is 3.14.